The van der Waals surface area contributed by atoms with E-state index in [1.807, 2.05) is 12.3 Å². The van der Waals surface area contributed by atoms with Crippen molar-refractivity contribution >= 4 is 6.29 Å². The molecule has 6 heteroatoms. The monoisotopic (exact) mass is 341 g/mol. The summed E-state index contributed by atoms with van der Waals surface area (Å²) in [6, 6.07) is 6.12. The highest BCUT2D eigenvalue weighted by Gasteiger charge is 2.32. The van der Waals surface area contributed by atoms with Gasteiger partial charge >= 0.3 is 0 Å². The van der Waals surface area contributed by atoms with Gasteiger partial charge in [0.25, 0.3) is 0 Å². The molecule has 2 aromatic heterocycles. The summed E-state index contributed by atoms with van der Waals surface area (Å²) >= 11 is 0. The van der Waals surface area contributed by atoms with Crippen LogP contribution >= 0.6 is 0 Å². The Morgan fingerprint density at radius 2 is 2.12 bits per heavy atom. The Hall–Kier alpha value is -2.21. The van der Waals surface area contributed by atoms with E-state index in [2.05, 4.69) is 20.8 Å². The van der Waals surface area contributed by atoms with Crippen molar-refractivity contribution in [3.8, 4) is 5.75 Å². The molecule has 0 aromatic carbocycles. The Balaban J connectivity index is 1.50. The first-order valence-corrected chi connectivity index (χ1v) is 9.01. The van der Waals surface area contributed by atoms with Crippen LogP contribution in [0.5, 0.6) is 5.75 Å². The van der Waals surface area contributed by atoms with Gasteiger partial charge in [0.2, 0.25) is 0 Å². The minimum Gasteiger partial charge on any atom is -0.491 e. The van der Waals surface area contributed by atoms with Gasteiger partial charge in [-0.05, 0) is 31.0 Å². The third kappa shape index (κ3) is 3.31. The lowest BCUT2D eigenvalue weighted by molar-refractivity contribution is -0.0310. The SMILES string of the molecule is O=Cc1ncccc1OCC1CCCCC1c1ccnn1C1COC1. The van der Waals surface area contributed by atoms with E-state index in [4.69, 9.17) is 9.47 Å². The summed E-state index contributed by atoms with van der Waals surface area (Å²) in [6.45, 7) is 2.10. The fourth-order valence-electron chi connectivity index (χ4n) is 3.89. The van der Waals surface area contributed by atoms with Crippen LogP contribution in [-0.2, 0) is 4.74 Å². The summed E-state index contributed by atoms with van der Waals surface area (Å²) in [5.41, 5.74) is 1.66. The zero-order valence-electron chi connectivity index (χ0n) is 14.2. The zero-order chi connectivity index (χ0) is 17.1. The minimum atomic E-state index is 0.367. The molecule has 2 unspecified atom stereocenters. The second-order valence-electron chi connectivity index (χ2n) is 6.86. The molecule has 132 valence electrons. The molecule has 25 heavy (non-hydrogen) atoms. The molecule has 0 bridgehead atoms. The van der Waals surface area contributed by atoms with Crippen LogP contribution in [0.3, 0.4) is 0 Å². The van der Waals surface area contributed by atoms with Crippen LogP contribution < -0.4 is 4.74 Å². The van der Waals surface area contributed by atoms with Crippen molar-refractivity contribution < 1.29 is 14.3 Å². The van der Waals surface area contributed by atoms with Gasteiger partial charge in [0.15, 0.2) is 6.29 Å². The Labute approximate surface area is 147 Å². The summed E-state index contributed by atoms with van der Waals surface area (Å²) in [7, 11) is 0. The van der Waals surface area contributed by atoms with Gasteiger partial charge in [-0.3, -0.25) is 9.48 Å². The van der Waals surface area contributed by atoms with Crippen molar-refractivity contribution in [3.05, 3.63) is 42.0 Å². The number of aromatic nitrogens is 3. The molecule has 1 aliphatic heterocycles. The van der Waals surface area contributed by atoms with E-state index in [1.54, 1.807) is 12.3 Å². The quantitative estimate of drug-likeness (QED) is 0.756. The third-order valence-electron chi connectivity index (χ3n) is 5.32. The molecular formula is C19H23N3O3. The van der Waals surface area contributed by atoms with Gasteiger partial charge in [-0.1, -0.05) is 12.8 Å². The number of hydrogen-bond donors (Lipinski definition) is 0. The minimum absolute atomic E-state index is 0.367. The van der Waals surface area contributed by atoms with Gasteiger partial charge in [-0.2, -0.15) is 5.10 Å². The van der Waals surface area contributed by atoms with Crippen LogP contribution in [0.15, 0.2) is 30.6 Å². The predicted octanol–water partition coefficient (Wildman–Crippen LogP) is 3.01. The number of ether oxygens (including phenoxy) is 2. The molecule has 0 radical (unpaired) electrons. The van der Waals surface area contributed by atoms with Crippen LogP contribution in [0.25, 0.3) is 0 Å². The van der Waals surface area contributed by atoms with Crippen molar-refractivity contribution in [2.45, 2.75) is 37.6 Å². The molecule has 2 fully saturated rings. The molecule has 1 saturated carbocycles. The van der Waals surface area contributed by atoms with Gasteiger partial charge in [-0.25, -0.2) is 4.98 Å². The molecule has 0 spiro atoms. The molecule has 2 atom stereocenters. The van der Waals surface area contributed by atoms with Crippen LogP contribution in [0.1, 0.15) is 53.8 Å². The summed E-state index contributed by atoms with van der Waals surface area (Å²) in [4.78, 5) is 15.2. The fourth-order valence-corrected chi connectivity index (χ4v) is 3.89. The second-order valence-corrected chi connectivity index (χ2v) is 6.86. The Kier molecular flexibility index (Phi) is 4.78. The highest BCUT2D eigenvalue weighted by molar-refractivity contribution is 5.75. The smallest absolute Gasteiger partial charge is 0.172 e. The van der Waals surface area contributed by atoms with Crippen LogP contribution in [0.4, 0.5) is 0 Å². The van der Waals surface area contributed by atoms with E-state index in [0.717, 1.165) is 32.3 Å². The number of carbonyl (C=O) groups excluding carboxylic acids is 1. The summed E-state index contributed by atoms with van der Waals surface area (Å²) in [5, 5.41) is 4.53. The van der Waals surface area contributed by atoms with Crippen molar-refractivity contribution in [3.63, 3.8) is 0 Å². The Morgan fingerprint density at radius 3 is 2.92 bits per heavy atom. The van der Waals surface area contributed by atoms with E-state index < -0.39 is 0 Å². The molecule has 2 aromatic rings. The van der Waals surface area contributed by atoms with Crippen LogP contribution in [0.2, 0.25) is 0 Å². The normalized spacial score (nSPS) is 23.8. The first-order valence-electron chi connectivity index (χ1n) is 9.01. The van der Waals surface area contributed by atoms with Gasteiger partial charge < -0.3 is 9.47 Å². The average Bonchev–Trinajstić information content (AvgIpc) is 3.08. The summed E-state index contributed by atoms with van der Waals surface area (Å²) in [5.74, 6) is 1.43. The predicted molar refractivity (Wildman–Crippen MR) is 91.9 cm³/mol. The molecular weight excluding hydrogens is 318 g/mol. The van der Waals surface area contributed by atoms with Gasteiger partial charge in [0.1, 0.15) is 11.4 Å². The topological polar surface area (TPSA) is 66.2 Å². The highest BCUT2D eigenvalue weighted by atomic mass is 16.5. The van der Waals surface area contributed by atoms with Gasteiger partial charge in [-0.15, -0.1) is 0 Å². The van der Waals surface area contributed by atoms with E-state index in [-0.39, 0.29) is 0 Å². The zero-order valence-corrected chi connectivity index (χ0v) is 14.2. The van der Waals surface area contributed by atoms with Gasteiger partial charge in [0.05, 0.1) is 25.9 Å². The van der Waals surface area contributed by atoms with Gasteiger partial charge in [0, 0.05) is 29.9 Å². The van der Waals surface area contributed by atoms with E-state index in [0.29, 0.717) is 35.9 Å². The lowest BCUT2D eigenvalue weighted by Gasteiger charge is -2.35. The maximum Gasteiger partial charge on any atom is 0.172 e. The van der Waals surface area contributed by atoms with Crippen LogP contribution in [0, 0.1) is 5.92 Å². The Bertz CT molecular complexity index is 726. The van der Waals surface area contributed by atoms with Crippen LogP contribution in [-0.4, -0.2) is 40.9 Å². The maximum absolute atomic E-state index is 11.1. The van der Waals surface area contributed by atoms with E-state index >= 15 is 0 Å². The van der Waals surface area contributed by atoms with E-state index in [1.165, 1.54) is 18.5 Å². The van der Waals surface area contributed by atoms with Crippen molar-refractivity contribution in [2.75, 3.05) is 19.8 Å². The molecule has 2 aliphatic rings. The fraction of sp³-hybridized carbons (Fsp3) is 0.526. The molecule has 6 nitrogen and oxygen atoms in total. The van der Waals surface area contributed by atoms with Crippen molar-refractivity contribution in [1.82, 2.24) is 14.8 Å². The summed E-state index contributed by atoms with van der Waals surface area (Å²) in [6.07, 6.45) is 9.00. The molecule has 3 heterocycles. The molecule has 1 aliphatic carbocycles. The summed E-state index contributed by atoms with van der Waals surface area (Å²) < 4.78 is 13.5. The molecule has 0 amide bonds. The third-order valence-corrected chi connectivity index (χ3v) is 5.32. The number of carbonyl (C=O) groups is 1. The number of rotatable bonds is 6. The molecule has 1 saturated heterocycles. The highest BCUT2D eigenvalue weighted by Crippen LogP contribution is 2.39. The Morgan fingerprint density at radius 1 is 1.24 bits per heavy atom. The van der Waals surface area contributed by atoms with E-state index in [9.17, 15) is 4.79 Å². The average molecular weight is 341 g/mol. The number of hydrogen-bond acceptors (Lipinski definition) is 5. The second kappa shape index (κ2) is 7.35. The van der Waals surface area contributed by atoms with Crippen molar-refractivity contribution in [2.24, 2.45) is 5.92 Å². The molecule has 4 rings (SSSR count). The first-order chi connectivity index (χ1) is 12.4. The first kappa shape index (κ1) is 16.3. The number of nitrogens with zero attached hydrogens (tertiary/aromatic N) is 3. The standard InChI is InChI=1S/C19H23N3O3/c23-10-17-19(6-3-8-20-17)25-11-14-4-1-2-5-16(14)18-7-9-21-22(18)15-12-24-13-15/h3,6-10,14-16H,1-2,4-5,11-13H2. The molecule has 0 N–H and O–H groups in total. The lowest BCUT2D eigenvalue weighted by atomic mass is 9.77. The largest absolute Gasteiger partial charge is 0.491 e. The lowest BCUT2D eigenvalue weighted by Crippen LogP contribution is -2.34. The number of aldehydes is 1. The van der Waals surface area contributed by atoms with Crippen molar-refractivity contribution in [1.29, 1.82) is 0 Å². The maximum atomic E-state index is 11.1. The number of pyridine rings is 1.